The van der Waals surface area contributed by atoms with Crippen LogP contribution in [-0.2, 0) is 12.8 Å². The predicted molar refractivity (Wildman–Crippen MR) is 90.6 cm³/mol. The zero-order valence-electron chi connectivity index (χ0n) is 13.2. The average Bonchev–Trinajstić information content (AvgIpc) is 2.78. The normalized spacial score (nSPS) is 14.6. The summed E-state index contributed by atoms with van der Waals surface area (Å²) < 4.78 is 0. The maximum absolute atomic E-state index is 12.6. The molecule has 1 aliphatic heterocycles. The summed E-state index contributed by atoms with van der Waals surface area (Å²) in [6.07, 6.45) is 3.42. The summed E-state index contributed by atoms with van der Waals surface area (Å²) in [5.74, 6) is 0.0243. The number of rotatable bonds is 1. The van der Waals surface area contributed by atoms with Crippen molar-refractivity contribution in [3.63, 3.8) is 0 Å². The Morgan fingerprint density at radius 1 is 1.17 bits per heavy atom. The molecule has 0 saturated heterocycles. The summed E-state index contributed by atoms with van der Waals surface area (Å²) in [6, 6.07) is 12.0. The molecule has 4 rings (SSSR count). The number of aromatic nitrogens is 2. The van der Waals surface area contributed by atoms with Crippen molar-refractivity contribution in [3.8, 4) is 0 Å². The first kappa shape index (κ1) is 14.0. The van der Waals surface area contributed by atoms with Gasteiger partial charge < -0.3 is 9.88 Å². The van der Waals surface area contributed by atoms with Crippen LogP contribution in [0.1, 0.15) is 27.3 Å². The maximum Gasteiger partial charge on any atom is 0.272 e. The van der Waals surface area contributed by atoms with Gasteiger partial charge in [0.15, 0.2) is 0 Å². The van der Waals surface area contributed by atoms with Gasteiger partial charge in [0.05, 0.1) is 0 Å². The second-order valence-electron chi connectivity index (χ2n) is 6.14. The first-order valence-electron chi connectivity index (χ1n) is 8.03. The fourth-order valence-electron chi connectivity index (χ4n) is 3.38. The van der Waals surface area contributed by atoms with Crippen molar-refractivity contribution in [2.24, 2.45) is 0 Å². The smallest absolute Gasteiger partial charge is 0.272 e. The van der Waals surface area contributed by atoms with Crippen LogP contribution in [0.2, 0.25) is 0 Å². The van der Waals surface area contributed by atoms with E-state index in [1.54, 1.807) is 12.3 Å². The van der Waals surface area contributed by atoms with Crippen LogP contribution in [0.25, 0.3) is 10.9 Å². The van der Waals surface area contributed by atoms with Crippen LogP contribution in [0, 0.1) is 6.92 Å². The van der Waals surface area contributed by atoms with Crippen LogP contribution in [0.4, 0.5) is 0 Å². The lowest BCUT2D eigenvalue weighted by molar-refractivity contribution is 0.0757. The van der Waals surface area contributed by atoms with Gasteiger partial charge in [-0.3, -0.25) is 9.78 Å². The summed E-state index contributed by atoms with van der Waals surface area (Å²) in [7, 11) is 0. The Bertz CT molecular complexity index is 867. The van der Waals surface area contributed by atoms with Gasteiger partial charge in [-0.05, 0) is 43.2 Å². The maximum atomic E-state index is 12.6. The minimum absolute atomic E-state index is 0.0243. The standard InChI is InChI=1S/C19H19N3O/c1-13-5-6-16-15(12-13)14-7-10-22(11-8-17(14)21-16)19(23)18-4-2-3-9-20-18/h2-6,9,12,21H,7-8,10-11H2,1H3. The second kappa shape index (κ2) is 5.54. The molecule has 1 aromatic carbocycles. The zero-order chi connectivity index (χ0) is 15.8. The summed E-state index contributed by atoms with van der Waals surface area (Å²) in [6.45, 7) is 3.59. The number of fused-ring (bicyclic) bond motifs is 3. The molecule has 0 fully saturated rings. The number of aromatic amines is 1. The molecule has 0 atom stereocenters. The number of hydrogen-bond acceptors (Lipinski definition) is 2. The number of amides is 1. The molecule has 0 spiro atoms. The van der Waals surface area contributed by atoms with Gasteiger partial charge in [-0.1, -0.05) is 17.7 Å². The van der Waals surface area contributed by atoms with Crippen LogP contribution < -0.4 is 0 Å². The van der Waals surface area contributed by atoms with Gasteiger partial charge >= 0.3 is 0 Å². The molecule has 0 aliphatic carbocycles. The van der Waals surface area contributed by atoms with Crippen molar-refractivity contribution in [3.05, 3.63) is 65.1 Å². The molecule has 3 heterocycles. The summed E-state index contributed by atoms with van der Waals surface area (Å²) in [5, 5.41) is 1.30. The van der Waals surface area contributed by atoms with Crippen LogP contribution >= 0.6 is 0 Å². The van der Waals surface area contributed by atoms with Crippen molar-refractivity contribution in [1.29, 1.82) is 0 Å². The lowest BCUT2D eigenvalue weighted by atomic mass is 10.1. The third kappa shape index (κ3) is 2.50. The van der Waals surface area contributed by atoms with Crippen LogP contribution in [0.15, 0.2) is 42.6 Å². The highest BCUT2D eigenvalue weighted by atomic mass is 16.2. The molecule has 1 N–H and O–H groups in total. The topological polar surface area (TPSA) is 49.0 Å². The van der Waals surface area contributed by atoms with E-state index in [1.165, 1.54) is 27.7 Å². The molecule has 4 heteroatoms. The van der Waals surface area contributed by atoms with Gasteiger partial charge in [0.25, 0.3) is 5.91 Å². The van der Waals surface area contributed by atoms with E-state index in [1.807, 2.05) is 17.0 Å². The van der Waals surface area contributed by atoms with E-state index in [4.69, 9.17) is 0 Å². The molecule has 2 aromatic heterocycles. The Hall–Kier alpha value is -2.62. The fourth-order valence-corrected chi connectivity index (χ4v) is 3.38. The zero-order valence-corrected chi connectivity index (χ0v) is 13.2. The van der Waals surface area contributed by atoms with Crippen molar-refractivity contribution in [2.75, 3.05) is 13.1 Å². The third-order valence-electron chi connectivity index (χ3n) is 4.58. The molecule has 4 nitrogen and oxygen atoms in total. The first-order valence-corrected chi connectivity index (χ1v) is 8.03. The number of nitrogens with zero attached hydrogens (tertiary/aromatic N) is 2. The second-order valence-corrected chi connectivity index (χ2v) is 6.14. The minimum Gasteiger partial charge on any atom is -0.358 e. The van der Waals surface area contributed by atoms with Gasteiger partial charge in [-0.25, -0.2) is 0 Å². The Morgan fingerprint density at radius 2 is 2.04 bits per heavy atom. The lowest BCUT2D eigenvalue weighted by Crippen LogP contribution is -2.33. The molecule has 23 heavy (non-hydrogen) atoms. The summed E-state index contributed by atoms with van der Waals surface area (Å²) in [4.78, 5) is 22.2. The number of carbonyl (C=O) groups is 1. The Kier molecular flexibility index (Phi) is 3.37. The Labute approximate surface area is 135 Å². The molecule has 3 aromatic rings. The number of carbonyl (C=O) groups excluding carboxylic acids is 1. The molecule has 0 saturated carbocycles. The number of nitrogens with one attached hydrogen (secondary N) is 1. The molecule has 116 valence electrons. The van der Waals surface area contributed by atoms with Crippen LogP contribution in [0.5, 0.6) is 0 Å². The number of pyridine rings is 1. The average molecular weight is 305 g/mol. The predicted octanol–water partition coefficient (Wildman–Crippen LogP) is 3.11. The minimum atomic E-state index is 0.0243. The van der Waals surface area contributed by atoms with Gasteiger partial charge in [0.1, 0.15) is 5.69 Å². The highest BCUT2D eigenvalue weighted by molar-refractivity contribution is 5.92. The van der Waals surface area contributed by atoms with Crippen molar-refractivity contribution in [2.45, 2.75) is 19.8 Å². The Balaban J connectivity index is 1.62. The van der Waals surface area contributed by atoms with E-state index in [0.29, 0.717) is 5.69 Å². The van der Waals surface area contributed by atoms with Gasteiger partial charge in [-0.15, -0.1) is 0 Å². The highest BCUT2D eigenvalue weighted by Gasteiger charge is 2.22. The lowest BCUT2D eigenvalue weighted by Gasteiger charge is -2.19. The van der Waals surface area contributed by atoms with Gasteiger partial charge in [0.2, 0.25) is 0 Å². The summed E-state index contributed by atoms with van der Waals surface area (Å²) in [5.41, 5.74) is 5.62. The number of benzene rings is 1. The molecule has 1 aliphatic rings. The fraction of sp³-hybridized carbons (Fsp3) is 0.263. The molecule has 0 bridgehead atoms. The van der Waals surface area contributed by atoms with E-state index in [-0.39, 0.29) is 5.91 Å². The number of aryl methyl sites for hydroxylation is 1. The van der Waals surface area contributed by atoms with Crippen LogP contribution in [0.3, 0.4) is 0 Å². The van der Waals surface area contributed by atoms with Gasteiger partial charge in [-0.2, -0.15) is 0 Å². The van der Waals surface area contributed by atoms with Gasteiger partial charge in [0, 0.05) is 42.3 Å². The van der Waals surface area contributed by atoms with E-state index in [0.717, 1.165) is 25.9 Å². The van der Waals surface area contributed by atoms with Crippen molar-refractivity contribution < 1.29 is 4.79 Å². The highest BCUT2D eigenvalue weighted by Crippen LogP contribution is 2.27. The third-order valence-corrected chi connectivity index (χ3v) is 4.58. The molecule has 0 radical (unpaired) electrons. The quantitative estimate of drug-likeness (QED) is 0.751. The van der Waals surface area contributed by atoms with E-state index >= 15 is 0 Å². The first-order chi connectivity index (χ1) is 11.2. The molecular weight excluding hydrogens is 286 g/mol. The van der Waals surface area contributed by atoms with Crippen molar-refractivity contribution in [1.82, 2.24) is 14.9 Å². The van der Waals surface area contributed by atoms with E-state index in [9.17, 15) is 4.79 Å². The van der Waals surface area contributed by atoms with Crippen LogP contribution in [-0.4, -0.2) is 33.9 Å². The molecule has 0 unspecified atom stereocenters. The van der Waals surface area contributed by atoms with E-state index in [2.05, 4.69) is 35.1 Å². The SMILES string of the molecule is Cc1ccc2[nH]c3c(c2c1)CCN(C(=O)c1ccccn1)CC3. The summed E-state index contributed by atoms with van der Waals surface area (Å²) >= 11 is 0. The van der Waals surface area contributed by atoms with Crippen molar-refractivity contribution >= 4 is 16.8 Å². The molecular formula is C19H19N3O. The largest absolute Gasteiger partial charge is 0.358 e. The Morgan fingerprint density at radius 3 is 2.87 bits per heavy atom. The monoisotopic (exact) mass is 305 g/mol. The number of hydrogen-bond donors (Lipinski definition) is 1. The number of H-pyrrole nitrogens is 1. The van der Waals surface area contributed by atoms with E-state index < -0.39 is 0 Å². The molecule has 1 amide bonds.